The fraction of sp³-hybridized carbons (Fsp3) is 0.500. The highest BCUT2D eigenvalue weighted by Gasteiger charge is 2.17. The van der Waals surface area contributed by atoms with Gasteiger partial charge in [0.05, 0.1) is 12.4 Å². The molecule has 0 bridgehead atoms. The number of para-hydroxylation sites is 1. The number of aliphatic imine (C=N–C) groups is 1. The lowest BCUT2D eigenvalue weighted by Gasteiger charge is -2.18. The molecule has 0 aliphatic heterocycles. The molecule has 1 aliphatic carbocycles. The van der Waals surface area contributed by atoms with Crippen LogP contribution < -0.4 is 15.4 Å². The summed E-state index contributed by atoms with van der Waals surface area (Å²) in [5.41, 5.74) is 1.15. The number of guanidine groups is 1. The summed E-state index contributed by atoms with van der Waals surface area (Å²) in [6.07, 6.45) is 7.77. The molecule has 0 unspecified atom stereocenters. The Morgan fingerprint density at radius 2 is 1.97 bits per heavy atom. The number of nitrogens with zero attached hydrogens (tertiary/aromatic N) is 1. The van der Waals surface area contributed by atoms with Crippen LogP contribution in [0, 0.1) is 0 Å². The first-order chi connectivity index (χ1) is 13.8. The summed E-state index contributed by atoms with van der Waals surface area (Å²) in [4.78, 5) is 4.29. The molecule has 0 radical (unpaired) electrons. The van der Waals surface area contributed by atoms with E-state index in [2.05, 4.69) is 27.8 Å². The molecule has 29 heavy (non-hydrogen) atoms. The lowest BCUT2D eigenvalue weighted by Crippen LogP contribution is -2.37. The summed E-state index contributed by atoms with van der Waals surface area (Å²) in [5.74, 6) is 2.61. The first-order valence-corrected chi connectivity index (χ1v) is 10.1. The quantitative estimate of drug-likeness (QED) is 0.212. The molecule has 1 saturated carbocycles. The van der Waals surface area contributed by atoms with Crippen LogP contribution in [0.5, 0.6) is 5.75 Å². The second-order valence-electron chi connectivity index (χ2n) is 6.97. The minimum atomic E-state index is 0. The number of halogens is 1. The van der Waals surface area contributed by atoms with Gasteiger partial charge in [0.2, 0.25) is 0 Å². The Balaban J connectivity index is 0.00000300. The van der Waals surface area contributed by atoms with Gasteiger partial charge in [-0.3, -0.25) is 4.99 Å². The Morgan fingerprint density at radius 3 is 2.72 bits per heavy atom. The largest absolute Gasteiger partial charge is 0.490 e. The van der Waals surface area contributed by atoms with Gasteiger partial charge in [-0.25, -0.2) is 0 Å². The van der Waals surface area contributed by atoms with E-state index in [0.29, 0.717) is 25.9 Å². The van der Waals surface area contributed by atoms with Crippen LogP contribution in [0.2, 0.25) is 0 Å². The molecule has 160 valence electrons. The molecule has 0 saturated heterocycles. The molecule has 2 aromatic rings. The minimum absolute atomic E-state index is 0. The van der Waals surface area contributed by atoms with Gasteiger partial charge >= 0.3 is 0 Å². The molecule has 0 atom stereocenters. The molecule has 3 rings (SSSR count). The average molecular weight is 513 g/mol. The van der Waals surface area contributed by atoms with Crippen LogP contribution in [-0.4, -0.2) is 32.3 Å². The van der Waals surface area contributed by atoms with E-state index in [1.165, 1.54) is 12.8 Å². The maximum absolute atomic E-state index is 6.20. The molecule has 2 N–H and O–H groups in total. The van der Waals surface area contributed by atoms with Crippen molar-refractivity contribution in [1.29, 1.82) is 0 Å². The zero-order valence-electron chi connectivity index (χ0n) is 17.1. The molecule has 1 aromatic heterocycles. The second-order valence-corrected chi connectivity index (χ2v) is 6.97. The van der Waals surface area contributed by atoms with Crippen molar-refractivity contribution < 1.29 is 13.9 Å². The van der Waals surface area contributed by atoms with Crippen LogP contribution in [0.4, 0.5) is 0 Å². The average Bonchev–Trinajstić information content (AvgIpc) is 3.42. The number of rotatable bonds is 10. The molecule has 1 aliphatic rings. The van der Waals surface area contributed by atoms with E-state index in [0.717, 1.165) is 48.8 Å². The van der Waals surface area contributed by atoms with Crippen molar-refractivity contribution in [3.05, 3.63) is 54.0 Å². The van der Waals surface area contributed by atoms with Gasteiger partial charge in [-0.15, -0.1) is 24.0 Å². The predicted molar refractivity (Wildman–Crippen MR) is 126 cm³/mol. The Bertz CT molecular complexity index is 716. The SMILES string of the molecule is CN=C(NCCCOCc1ccco1)NCc1ccccc1OC1CCCC1.I. The van der Waals surface area contributed by atoms with E-state index < -0.39 is 0 Å². The van der Waals surface area contributed by atoms with Crippen molar-refractivity contribution in [1.82, 2.24) is 10.6 Å². The van der Waals surface area contributed by atoms with E-state index in [9.17, 15) is 0 Å². The molecular weight excluding hydrogens is 481 g/mol. The fourth-order valence-corrected chi connectivity index (χ4v) is 3.30. The van der Waals surface area contributed by atoms with E-state index in [1.807, 2.05) is 24.3 Å². The number of furan rings is 1. The van der Waals surface area contributed by atoms with E-state index >= 15 is 0 Å². The van der Waals surface area contributed by atoms with Crippen LogP contribution in [0.15, 0.2) is 52.1 Å². The Morgan fingerprint density at radius 1 is 1.14 bits per heavy atom. The third kappa shape index (κ3) is 8.26. The molecule has 0 spiro atoms. The van der Waals surface area contributed by atoms with Crippen molar-refractivity contribution in [3.8, 4) is 5.75 Å². The number of hydrogen-bond acceptors (Lipinski definition) is 4. The van der Waals surface area contributed by atoms with Crippen molar-refractivity contribution >= 4 is 29.9 Å². The topological polar surface area (TPSA) is 68.0 Å². The summed E-state index contributed by atoms with van der Waals surface area (Å²) in [5, 5.41) is 6.69. The van der Waals surface area contributed by atoms with Gasteiger partial charge < -0.3 is 24.5 Å². The maximum Gasteiger partial charge on any atom is 0.191 e. The van der Waals surface area contributed by atoms with Crippen LogP contribution in [-0.2, 0) is 17.9 Å². The zero-order valence-corrected chi connectivity index (χ0v) is 19.4. The lowest BCUT2D eigenvalue weighted by atomic mass is 10.2. The zero-order chi connectivity index (χ0) is 19.4. The summed E-state index contributed by atoms with van der Waals surface area (Å²) in [7, 11) is 1.78. The summed E-state index contributed by atoms with van der Waals surface area (Å²) >= 11 is 0. The minimum Gasteiger partial charge on any atom is -0.490 e. The normalized spacial score (nSPS) is 14.4. The second kappa shape index (κ2) is 13.5. The number of nitrogens with one attached hydrogen (secondary N) is 2. The summed E-state index contributed by atoms with van der Waals surface area (Å²) < 4.78 is 17.0. The number of hydrogen-bond donors (Lipinski definition) is 2. The molecule has 1 fully saturated rings. The van der Waals surface area contributed by atoms with Gasteiger partial charge in [0.25, 0.3) is 0 Å². The standard InChI is InChI=1S/C22H31N3O3.HI/c1-23-22(24-13-7-14-26-17-20-11-6-15-27-20)25-16-18-8-2-5-12-21(18)28-19-9-3-4-10-19;/h2,5-6,8,11-12,15,19H,3-4,7,9-10,13-14,16-17H2,1H3,(H2,23,24,25);1H. The first-order valence-electron chi connectivity index (χ1n) is 10.1. The van der Waals surface area contributed by atoms with E-state index in [-0.39, 0.29) is 24.0 Å². The third-order valence-electron chi connectivity index (χ3n) is 4.82. The molecule has 1 aromatic carbocycles. The van der Waals surface area contributed by atoms with Crippen LogP contribution in [0.25, 0.3) is 0 Å². The smallest absolute Gasteiger partial charge is 0.191 e. The highest BCUT2D eigenvalue weighted by atomic mass is 127. The lowest BCUT2D eigenvalue weighted by molar-refractivity contribution is 0.105. The van der Waals surface area contributed by atoms with Crippen molar-refractivity contribution in [2.45, 2.75) is 51.4 Å². The monoisotopic (exact) mass is 513 g/mol. The van der Waals surface area contributed by atoms with Gasteiger partial charge in [-0.1, -0.05) is 18.2 Å². The molecule has 0 amide bonds. The molecular formula is C22H32IN3O3. The Hall–Kier alpha value is -1.74. The number of benzene rings is 1. The van der Waals surface area contributed by atoms with Crippen molar-refractivity contribution in [2.75, 3.05) is 20.2 Å². The third-order valence-corrected chi connectivity index (χ3v) is 4.82. The van der Waals surface area contributed by atoms with E-state index in [1.54, 1.807) is 13.3 Å². The summed E-state index contributed by atoms with van der Waals surface area (Å²) in [6, 6.07) is 12.0. The Kier molecular flexibility index (Phi) is 10.9. The van der Waals surface area contributed by atoms with Gasteiger partial charge in [-0.05, 0) is 50.3 Å². The highest BCUT2D eigenvalue weighted by Crippen LogP contribution is 2.26. The van der Waals surface area contributed by atoms with Crippen LogP contribution in [0.1, 0.15) is 43.4 Å². The molecule has 1 heterocycles. The van der Waals surface area contributed by atoms with Gasteiger partial charge in [0.1, 0.15) is 18.1 Å². The fourth-order valence-electron chi connectivity index (χ4n) is 3.30. The molecule has 6 nitrogen and oxygen atoms in total. The Labute approximate surface area is 190 Å². The predicted octanol–water partition coefficient (Wildman–Crippen LogP) is 4.49. The number of ether oxygens (including phenoxy) is 2. The van der Waals surface area contributed by atoms with Crippen molar-refractivity contribution in [2.24, 2.45) is 4.99 Å². The van der Waals surface area contributed by atoms with E-state index in [4.69, 9.17) is 13.9 Å². The maximum atomic E-state index is 6.20. The van der Waals surface area contributed by atoms with Gasteiger partial charge in [-0.2, -0.15) is 0 Å². The van der Waals surface area contributed by atoms with Crippen LogP contribution in [0.3, 0.4) is 0 Å². The first kappa shape index (κ1) is 23.5. The van der Waals surface area contributed by atoms with Crippen molar-refractivity contribution in [3.63, 3.8) is 0 Å². The summed E-state index contributed by atoms with van der Waals surface area (Å²) in [6.45, 7) is 2.65. The molecule has 7 heteroatoms. The van der Waals surface area contributed by atoms with Crippen LogP contribution >= 0.6 is 24.0 Å². The van der Waals surface area contributed by atoms with Gasteiger partial charge in [0.15, 0.2) is 5.96 Å². The highest BCUT2D eigenvalue weighted by molar-refractivity contribution is 14.0. The van der Waals surface area contributed by atoms with Gasteiger partial charge in [0, 0.05) is 32.3 Å².